The fraction of sp³-hybridized carbons (Fsp3) is 0.182. The summed E-state index contributed by atoms with van der Waals surface area (Å²) in [6.07, 6.45) is 4.02. The van der Waals surface area contributed by atoms with Gasteiger partial charge >= 0.3 is 0 Å². The van der Waals surface area contributed by atoms with Crippen molar-refractivity contribution >= 4 is 34.6 Å². The predicted octanol–water partition coefficient (Wildman–Crippen LogP) is 4.47. The Morgan fingerprint density at radius 2 is 1.53 bits per heavy atom. The highest BCUT2D eigenvalue weighted by molar-refractivity contribution is 7.99. The van der Waals surface area contributed by atoms with Crippen LogP contribution in [0.1, 0.15) is 11.4 Å². The summed E-state index contributed by atoms with van der Waals surface area (Å²) in [4.78, 5) is 4.84. The van der Waals surface area contributed by atoms with Crippen molar-refractivity contribution in [2.24, 2.45) is 0 Å². The number of aromatic amines is 1. The first-order valence-electron chi connectivity index (χ1n) is 9.94. The summed E-state index contributed by atoms with van der Waals surface area (Å²) in [5.74, 6) is 1.51. The Kier molecular flexibility index (Phi) is 5.62. The monoisotopic (exact) mass is 460 g/mol. The van der Waals surface area contributed by atoms with Crippen molar-refractivity contribution in [2.75, 3.05) is 12.5 Å². The molecule has 1 N–H and O–H groups in total. The molecule has 160 valence electrons. The maximum absolute atomic E-state index is 4.84. The SMILES string of the molecule is CSc1nnc(SC)c2c1nc(C)n2Cc1ccccc1-c1ccccc1-c1nn[nH]n1. The molecule has 0 aliphatic carbocycles. The zero-order valence-electron chi connectivity index (χ0n) is 17.8. The van der Waals surface area contributed by atoms with Crippen molar-refractivity contribution in [3.63, 3.8) is 0 Å². The number of hydrogen-bond donors (Lipinski definition) is 1. The third-order valence-corrected chi connectivity index (χ3v) is 6.65. The molecule has 8 nitrogen and oxygen atoms in total. The summed E-state index contributed by atoms with van der Waals surface area (Å²) >= 11 is 3.15. The van der Waals surface area contributed by atoms with Crippen LogP contribution in [-0.2, 0) is 6.54 Å². The van der Waals surface area contributed by atoms with Gasteiger partial charge in [0.1, 0.15) is 26.9 Å². The Labute approximate surface area is 193 Å². The van der Waals surface area contributed by atoms with Gasteiger partial charge in [0, 0.05) is 5.56 Å². The van der Waals surface area contributed by atoms with Crippen LogP contribution in [0.4, 0.5) is 0 Å². The minimum Gasteiger partial charge on any atom is -0.321 e. The quantitative estimate of drug-likeness (QED) is 0.371. The maximum atomic E-state index is 4.84. The predicted molar refractivity (Wildman–Crippen MR) is 128 cm³/mol. The van der Waals surface area contributed by atoms with Crippen LogP contribution >= 0.6 is 23.5 Å². The van der Waals surface area contributed by atoms with Crippen LogP contribution in [0.25, 0.3) is 33.5 Å². The molecule has 0 saturated carbocycles. The van der Waals surface area contributed by atoms with Crippen LogP contribution in [0.15, 0.2) is 58.6 Å². The molecule has 32 heavy (non-hydrogen) atoms. The van der Waals surface area contributed by atoms with Crippen LogP contribution in [0.5, 0.6) is 0 Å². The van der Waals surface area contributed by atoms with E-state index in [-0.39, 0.29) is 0 Å². The number of nitrogens with one attached hydrogen (secondary N) is 1. The number of H-pyrrole nitrogens is 1. The lowest BCUT2D eigenvalue weighted by atomic mass is 9.95. The lowest BCUT2D eigenvalue weighted by molar-refractivity contribution is 0.772. The molecular weight excluding hydrogens is 440 g/mol. The minimum absolute atomic E-state index is 0.573. The molecule has 0 unspecified atom stereocenters. The van der Waals surface area contributed by atoms with Gasteiger partial charge in [0.25, 0.3) is 0 Å². The largest absolute Gasteiger partial charge is 0.321 e. The Balaban J connectivity index is 1.67. The number of rotatable bonds is 6. The number of benzene rings is 2. The molecule has 0 bridgehead atoms. The van der Waals surface area contributed by atoms with Crippen molar-refractivity contribution in [1.82, 2.24) is 40.4 Å². The normalized spacial score (nSPS) is 11.3. The second-order valence-electron chi connectivity index (χ2n) is 7.10. The smallest absolute Gasteiger partial charge is 0.205 e. The Hall–Kier alpha value is -3.24. The van der Waals surface area contributed by atoms with Gasteiger partial charge in [-0.2, -0.15) is 5.21 Å². The van der Waals surface area contributed by atoms with E-state index in [1.807, 2.05) is 37.6 Å². The molecule has 0 atom stereocenters. The summed E-state index contributed by atoms with van der Waals surface area (Å²) in [6.45, 7) is 2.69. The fourth-order valence-electron chi connectivity index (χ4n) is 3.86. The molecule has 0 aliphatic rings. The lowest BCUT2D eigenvalue weighted by Crippen LogP contribution is -2.05. The van der Waals surface area contributed by atoms with Crippen molar-refractivity contribution in [2.45, 2.75) is 23.5 Å². The van der Waals surface area contributed by atoms with Gasteiger partial charge in [-0.25, -0.2) is 4.98 Å². The van der Waals surface area contributed by atoms with Crippen LogP contribution in [0, 0.1) is 6.92 Å². The zero-order valence-corrected chi connectivity index (χ0v) is 19.4. The summed E-state index contributed by atoms with van der Waals surface area (Å²) in [5, 5.41) is 25.2. The summed E-state index contributed by atoms with van der Waals surface area (Å²) < 4.78 is 2.23. The van der Waals surface area contributed by atoms with Crippen molar-refractivity contribution in [1.29, 1.82) is 0 Å². The van der Waals surface area contributed by atoms with Gasteiger partial charge in [0.2, 0.25) is 5.82 Å². The number of nitrogens with zero attached hydrogens (tertiary/aromatic N) is 7. The molecule has 0 radical (unpaired) electrons. The molecule has 0 spiro atoms. The van der Waals surface area contributed by atoms with Crippen LogP contribution in [-0.4, -0.2) is 52.9 Å². The second-order valence-corrected chi connectivity index (χ2v) is 8.69. The van der Waals surface area contributed by atoms with Gasteiger partial charge in [0.05, 0.1) is 6.54 Å². The standard InChI is InChI=1S/C22H20N8S2/c1-13-23-18-19(22(32-3)27-26-21(18)31-2)30(13)12-14-8-4-5-9-15(14)16-10-6-7-11-17(16)20-24-28-29-25-20/h4-11H,12H2,1-3H3,(H,24,25,28,29). The van der Waals surface area contributed by atoms with E-state index in [2.05, 4.69) is 65.7 Å². The first-order valence-corrected chi connectivity index (χ1v) is 12.4. The zero-order chi connectivity index (χ0) is 22.1. The van der Waals surface area contributed by atoms with Crippen molar-refractivity contribution < 1.29 is 0 Å². The van der Waals surface area contributed by atoms with E-state index in [0.717, 1.165) is 43.6 Å². The molecule has 3 heterocycles. The highest BCUT2D eigenvalue weighted by Gasteiger charge is 2.19. The number of thioether (sulfide) groups is 2. The van der Waals surface area contributed by atoms with E-state index >= 15 is 0 Å². The summed E-state index contributed by atoms with van der Waals surface area (Å²) in [7, 11) is 0. The number of imidazole rings is 1. The van der Waals surface area contributed by atoms with Gasteiger partial charge in [-0.1, -0.05) is 48.5 Å². The Morgan fingerprint density at radius 1 is 0.844 bits per heavy atom. The Morgan fingerprint density at radius 3 is 2.25 bits per heavy atom. The van der Waals surface area contributed by atoms with Gasteiger partial charge in [-0.05, 0) is 41.3 Å². The van der Waals surface area contributed by atoms with Gasteiger partial charge in [-0.15, -0.1) is 43.9 Å². The molecule has 10 heteroatoms. The topological polar surface area (TPSA) is 98.1 Å². The molecule has 0 amide bonds. The van der Waals surface area contributed by atoms with Crippen LogP contribution in [0.2, 0.25) is 0 Å². The van der Waals surface area contributed by atoms with Gasteiger partial charge in [-0.3, -0.25) is 0 Å². The third kappa shape index (κ3) is 3.55. The number of fused-ring (bicyclic) bond motifs is 1. The second kappa shape index (κ2) is 8.71. The summed E-state index contributed by atoms with van der Waals surface area (Å²) in [5.41, 5.74) is 6.20. The molecule has 3 aromatic heterocycles. The molecule has 2 aromatic carbocycles. The van der Waals surface area contributed by atoms with E-state index in [1.165, 1.54) is 5.56 Å². The van der Waals surface area contributed by atoms with Crippen LogP contribution < -0.4 is 0 Å². The Bertz CT molecular complexity index is 1390. The minimum atomic E-state index is 0.573. The van der Waals surface area contributed by atoms with E-state index < -0.39 is 0 Å². The number of aryl methyl sites for hydroxylation is 1. The lowest BCUT2D eigenvalue weighted by Gasteiger charge is -2.15. The molecule has 5 rings (SSSR count). The van der Waals surface area contributed by atoms with E-state index in [1.54, 1.807) is 23.5 Å². The molecule has 5 aromatic rings. The number of tetrazole rings is 1. The third-order valence-electron chi connectivity index (χ3n) is 5.33. The first kappa shape index (κ1) is 20.7. The van der Waals surface area contributed by atoms with Gasteiger partial charge in [0.15, 0.2) is 0 Å². The molecule has 0 aliphatic heterocycles. The molecule has 0 fully saturated rings. The fourth-order valence-corrected chi connectivity index (χ4v) is 4.85. The van der Waals surface area contributed by atoms with E-state index in [0.29, 0.717) is 12.4 Å². The number of hydrogen-bond acceptors (Lipinski definition) is 8. The summed E-state index contributed by atoms with van der Waals surface area (Å²) in [6, 6.07) is 16.5. The molecular formula is C22H20N8S2. The maximum Gasteiger partial charge on any atom is 0.205 e. The highest BCUT2D eigenvalue weighted by atomic mass is 32.2. The van der Waals surface area contributed by atoms with E-state index in [9.17, 15) is 0 Å². The molecule has 0 saturated heterocycles. The van der Waals surface area contributed by atoms with Gasteiger partial charge < -0.3 is 4.57 Å². The van der Waals surface area contributed by atoms with Crippen molar-refractivity contribution in [3.8, 4) is 22.5 Å². The highest BCUT2D eigenvalue weighted by Crippen LogP contribution is 2.35. The average molecular weight is 461 g/mol. The first-order chi connectivity index (χ1) is 15.7. The van der Waals surface area contributed by atoms with E-state index in [4.69, 9.17) is 4.98 Å². The van der Waals surface area contributed by atoms with Crippen LogP contribution in [0.3, 0.4) is 0 Å². The van der Waals surface area contributed by atoms with Crippen molar-refractivity contribution in [3.05, 3.63) is 59.9 Å². The number of aromatic nitrogens is 8. The average Bonchev–Trinajstić information content (AvgIpc) is 3.48.